The van der Waals surface area contributed by atoms with Crippen LogP contribution in [0.25, 0.3) is 0 Å². The summed E-state index contributed by atoms with van der Waals surface area (Å²) in [4.78, 5) is 31.8. The lowest BCUT2D eigenvalue weighted by molar-refractivity contribution is -0.130. The van der Waals surface area contributed by atoms with Crippen molar-refractivity contribution in [1.82, 2.24) is 14.8 Å². The summed E-state index contributed by atoms with van der Waals surface area (Å²) >= 11 is 6.00. The predicted octanol–water partition coefficient (Wildman–Crippen LogP) is 2.69. The standard InChI is InChI=1S/C20H23ClN4O2/c1-15(26)24-9-11-25(12-10-24)20(27)19-14-18(6-8-23-19)22-7-5-16-3-2-4-17(21)13-16/h2-4,6,8,13-14H,5,7,9-12H2,1H3,(H,22,23). The third-order valence-electron chi connectivity index (χ3n) is 4.62. The molecule has 1 fully saturated rings. The van der Waals surface area contributed by atoms with Gasteiger partial charge in [0, 0.05) is 56.6 Å². The summed E-state index contributed by atoms with van der Waals surface area (Å²) in [5.74, 6) is -0.0529. The number of amides is 2. The maximum atomic E-state index is 12.7. The van der Waals surface area contributed by atoms with Crippen LogP contribution in [0.2, 0.25) is 5.02 Å². The third-order valence-corrected chi connectivity index (χ3v) is 4.86. The molecule has 1 N–H and O–H groups in total. The number of carbonyl (C=O) groups is 2. The maximum absolute atomic E-state index is 12.7. The van der Waals surface area contributed by atoms with Gasteiger partial charge in [0.2, 0.25) is 5.91 Å². The number of aromatic nitrogens is 1. The molecule has 3 rings (SSSR count). The minimum atomic E-state index is -0.100. The Balaban J connectivity index is 1.55. The molecule has 1 saturated heterocycles. The van der Waals surface area contributed by atoms with Crippen LogP contribution in [-0.4, -0.2) is 59.3 Å². The Labute approximate surface area is 164 Å². The fourth-order valence-electron chi connectivity index (χ4n) is 3.09. The summed E-state index contributed by atoms with van der Waals surface area (Å²) in [5.41, 5.74) is 2.43. The van der Waals surface area contributed by atoms with Crippen molar-refractivity contribution in [3.63, 3.8) is 0 Å². The molecule has 6 nitrogen and oxygen atoms in total. The third kappa shape index (κ3) is 5.20. The van der Waals surface area contributed by atoms with E-state index in [9.17, 15) is 9.59 Å². The molecule has 2 heterocycles. The Morgan fingerprint density at radius 3 is 2.56 bits per heavy atom. The zero-order chi connectivity index (χ0) is 19.2. The average molecular weight is 387 g/mol. The van der Waals surface area contributed by atoms with Gasteiger partial charge < -0.3 is 15.1 Å². The second-order valence-corrected chi connectivity index (χ2v) is 6.97. The maximum Gasteiger partial charge on any atom is 0.272 e. The highest BCUT2D eigenvalue weighted by Gasteiger charge is 2.24. The molecule has 1 aliphatic rings. The van der Waals surface area contributed by atoms with Gasteiger partial charge >= 0.3 is 0 Å². The summed E-state index contributed by atoms with van der Waals surface area (Å²) < 4.78 is 0. The number of hydrogen-bond donors (Lipinski definition) is 1. The second kappa shape index (κ2) is 8.86. The lowest BCUT2D eigenvalue weighted by atomic mass is 10.1. The number of piperazine rings is 1. The van der Waals surface area contributed by atoms with Gasteiger partial charge in [-0.2, -0.15) is 0 Å². The first kappa shape index (κ1) is 19.2. The Kier molecular flexibility index (Phi) is 6.29. The fraction of sp³-hybridized carbons (Fsp3) is 0.350. The van der Waals surface area contributed by atoms with Gasteiger partial charge in [0.1, 0.15) is 5.69 Å². The van der Waals surface area contributed by atoms with Crippen molar-refractivity contribution in [3.05, 3.63) is 58.9 Å². The van der Waals surface area contributed by atoms with E-state index in [0.717, 1.165) is 29.2 Å². The first-order valence-electron chi connectivity index (χ1n) is 9.02. The van der Waals surface area contributed by atoms with Gasteiger partial charge in [-0.3, -0.25) is 14.6 Å². The zero-order valence-electron chi connectivity index (χ0n) is 15.3. The minimum Gasteiger partial charge on any atom is -0.385 e. The molecule has 0 saturated carbocycles. The van der Waals surface area contributed by atoms with Crippen molar-refractivity contribution in [2.24, 2.45) is 0 Å². The second-order valence-electron chi connectivity index (χ2n) is 6.53. The fourth-order valence-corrected chi connectivity index (χ4v) is 3.30. The van der Waals surface area contributed by atoms with E-state index < -0.39 is 0 Å². The van der Waals surface area contributed by atoms with E-state index in [1.165, 1.54) is 0 Å². The topological polar surface area (TPSA) is 65.5 Å². The summed E-state index contributed by atoms with van der Waals surface area (Å²) in [5, 5.41) is 4.06. The molecule has 0 radical (unpaired) electrons. The number of nitrogens with one attached hydrogen (secondary N) is 1. The van der Waals surface area contributed by atoms with Crippen molar-refractivity contribution < 1.29 is 9.59 Å². The number of nitrogens with zero attached hydrogens (tertiary/aromatic N) is 3. The van der Waals surface area contributed by atoms with Crippen LogP contribution >= 0.6 is 11.6 Å². The van der Waals surface area contributed by atoms with Gasteiger partial charge in [-0.25, -0.2) is 0 Å². The van der Waals surface area contributed by atoms with Crippen molar-refractivity contribution in [2.45, 2.75) is 13.3 Å². The van der Waals surface area contributed by atoms with Crippen molar-refractivity contribution in [2.75, 3.05) is 38.0 Å². The quantitative estimate of drug-likeness (QED) is 0.858. The number of rotatable bonds is 5. The largest absolute Gasteiger partial charge is 0.385 e. The van der Waals surface area contributed by atoms with Crippen LogP contribution in [0, 0.1) is 0 Å². The molecular formula is C20H23ClN4O2. The first-order valence-corrected chi connectivity index (χ1v) is 9.40. The number of benzene rings is 1. The smallest absolute Gasteiger partial charge is 0.272 e. The Morgan fingerprint density at radius 1 is 1.11 bits per heavy atom. The number of pyridine rings is 1. The van der Waals surface area contributed by atoms with E-state index in [1.807, 2.05) is 30.3 Å². The molecule has 0 aliphatic carbocycles. The molecule has 0 bridgehead atoms. The van der Waals surface area contributed by atoms with Gasteiger partial charge in [-0.05, 0) is 36.2 Å². The molecule has 2 amide bonds. The van der Waals surface area contributed by atoms with Gasteiger partial charge in [0.25, 0.3) is 5.91 Å². The average Bonchev–Trinajstić information content (AvgIpc) is 2.68. The Bertz CT molecular complexity index is 819. The Morgan fingerprint density at radius 2 is 1.85 bits per heavy atom. The van der Waals surface area contributed by atoms with Crippen LogP contribution in [0.5, 0.6) is 0 Å². The first-order chi connectivity index (χ1) is 13.0. The van der Waals surface area contributed by atoms with E-state index in [-0.39, 0.29) is 11.8 Å². The monoisotopic (exact) mass is 386 g/mol. The number of anilines is 1. The highest BCUT2D eigenvalue weighted by molar-refractivity contribution is 6.30. The van der Waals surface area contributed by atoms with Gasteiger partial charge in [-0.1, -0.05) is 23.7 Å². The molecule has 142 valence electrons. The van der Waals surface area contributed by atoms with Crippen molar-refractivity contribution >= 4 is 29.1 Å². The molecule has 0 unspecified atom stereocenters. The molecule has 2 aromatic rings. The molecule has 7 heteroatoms. The van der Waals surface area contributed by atoms with Gasteiger partial charge in [0.05, 0.1) is 0 Å². The van der Waals surface area contributed by atoms with Crippen molar-refractivity contribution in [3.8, 4) is 0 Å². The van der Waals surface area contributed by atoms with Crippen LogP contribution in [0.15, 0.2) is 42.6 Å². The SMILES string of the molecule is CC(=O)N1CCN(C(=O)c2cc(NCCc3cccc(Cl)c3)ccn2)CC1. The predicted molar refractivity (Wildman–Crippen MR) is 106 cm³/mol. The normalized spacial score (nSPS) is 14.1. The molecule has 1 aromatic carbocycles. The van der Waals surface area contributed by atoms with Crippen LogP contribution in [-0.2, 0) is 11.2 Å². The number of carbonyl (C=O) groups excluding carboxylic acids is 2. The van der Waals surface area contributed by atoms with Crippen LogP contribution in [0.4, 0.5) is 5.69 Å². The lowest BCUT2D eigenvalue weighted by Crippen LogP contribution is -2.50. The van der Waals surface area contributed by atoms with E-state index in [2.05, 4.69) is 10.3 Å². The van der Waals surface area contributed by atoms with Crippen LogP contribution in [0.3, 0.4) is 0 Å². The zero-order valence-corrected chi connectivity index (χ0v) is 16.1. The van der Waals surface area contributed by atoms with Crippen molar-refractivity contribution in [1.29, 1.82) is 0 Å². The molecule has 0 spiro atoms. The minimum absolute atomic E-state index is 0.0473. The van der Waals surface area contributed by atoms with Crippen LogP contribution < -0.4 is 5.32 Å². The lowest BCUT2D eigenvalue weighted by Gasteiger charge is -2.34. The van der Waals surface area contributed by atoms with E-state index >= 15 is 0 Å². The summed E-state index contributed by atoms with van der Waals surface area (Å²) in [6.45, 7) is 4.49. The van der Waals surface area contributed by atoms with Gasteiger partial charge in [0.15, 0.2) is 0 Å². The van der Waals surface area contributed by atoms with E-state index in [1.54, 1.807) is 29.0 Å². The summed E-state index contributed by atoms with van der Waals surface area (Å²) in [6.07, 6.45) is 2.47. The molecule has 27 heavy (non-hydrogen) atoms. The van der Waals surface area contributed by atoms with Crippen LogP contribution in [0.1, 0.15) is 23.0 Å². The molecule has 1 aromatic heterocycles. The highest BCUT2D eigenvalue weighted by Crippen LogP contribution is 2.14. The van der Waals surface area contributed by atoms with E-state index in [0.29, 0.717) is 31.9 Å². The Hall–Kier alpha value is -2.60. The molecule has 0 atom stereocenters. The van der Waals surface area contributed by atoms with Gasteiger partial charge in [-0.15, -0.1) is 0 Å². The highest BCUT2D eigenvalue weighted by atomic mass is 35.5. The van der Waals surface area contributed by atoms with E-state index in [4.69, 9.17) is 11.6 Å². The number of halogens is 1. The summed E-state index contributed by atoms with van der Waals surface area (Å²) in [6, 6.07) is 11.4. The summed E-state index contributed by atoms with van der Waals surface area (Å²) in [7, 11) is 0. The molecule has 1 aliphatic heterocycles. The number of hydrogen-bond acceptors (Lipinski definition) is 4. The molecular weight excluding hydrogens is 364 g/mol.